The lowest BCUT2D eigenvalue weighted by molar-refractivity contribution is 0.0279. The third-order valence-corrected chi connectivity index (χ3v) is 5.72. The van der Waals surface area contributed by atoms with Gasteiger partial charge in [0.1, 0.15) is 17.1 Å². The maximum atomic E-state index is 5.87. The van der Waals surface area contributed by atoms with Crippen LogP contribution in [0.4, 0.5) is 0 Å². The van der Waals surface area contributed by atoms with Crippen molar-refractivity contribution in [2.24, 2.45) is 0 Å². The minimum atomic E-state index is 0.0721. The predicted molar refractivity (Wildman–Crippen MR) is 126 cm³/mol. The Morgan fingerprint density at radius 3 is 2.82 bits per heavy atom. The lowest BCUT2D eigenvalue weighted by Gasteiger charge is -2.22. The summed E-state index contributed by atoms with van der Waals surface area (Å²) in [5, 5.41) is 12.1. The van der Waals surface area contributed by atoms with E-state index < -0.39 is 0 Å². The molecule has 33 heavy (non-hydrogen) atoms. The Hall–Kier alpha value is -3.14. The van der Waals surface area contributed by atoms with E-state index in [1.807, 2.05) is 40.8 Å². The highest BCUT2D eigenvalue weighted by Crippen LogP contribution is 2.24. The first-order chi connectivity index (χ1) is 16.2. The van der Waals surface area contributed by atoms with Gasteiger partial charge in [-0.1, -0.05) is 0 Å². The van der Waals surface area contributed by atoms with E-state index in [-0.39, 0.29) is 6.10 Å². The van der Waals surface area contributed by atoms with Crippen molar-refractivity contribution in [2.75, 3.05) is 46.9 Å². The van der Waals surface area contributed by atoms with E-state index in [0.29, 0.717) is 25.3 Å². The molecule has 1 aliphatic rings. The van der Waals surface area contributed by atoms with Crippen LogP contribution in [-0.2, 0) is 11.2 Å². The highest BCUT2D eigenvalue weighted by atomic mass is 16.5. The monoisotopic (exact) mass is 447 g/mol. The molecule has 1 unspecified atom stereocenters. The van der Waals surface area contributed by atoms with Gasteiger partial charge in [-0.25, -0.2) is 9.97 Å². The summed E-state index contributed by atoms with van der Waals surface area (Å²) in [6, 6.07) is 12.0. The Kier molecular flexibility index (Phi) is 6.43. The second-order valence-corrected chi connectivity index (χ2v) is 8.54. The molecular formula is C24H29N7O2. The van der Waals surface area contributed by atoms with Crippen molar-refractivity contribution in [3.63, 3.8) is 0 Å². The third-order valence-electron chi connectivity index (χ3n) is 5.72. The van der Waals surface area contributed by atoms with Crippen LogP contribution in [0, 0.1) is 0 Å². The van der Waals surface area contributed by atoms with Crippen LogP contribution in [0.5, 0.6) is 5.75 Å². The Morgan fingerprint density at radius 1 is 1.15 bits per heavy atom. The number of hydrogen-bond donors (Lipinski definition) is 1. The van der Waals surface area contributed by atoms with Gasteiger partial charge in [-0.05, 0) is 56.9 Å². The van der Waals surface area contributed by atoms with Gasteiger partial charge in [0.15, 0.2) is 11.3 Å². The van der Waals surface area contributed by atoms with Gasteiger partial charge in [0.25, 0.3) is 0 Å². The topological polar surface area (TPSA) is 89.7 Å². The zero-order valence-electron chi connectivity index (χ0n) is 19.1. The second-order valence-electron chi connectivity index (χ2n) is 8.54. The fourth-order valence-corrected chi connectivity index (χ4v) is 4.02. The van der Waals surface area contributed by atoms with Crippen LogP contribution in [0.3, 0.4) is 0 Å². The van der Waals surface area contributed by atoms with Gasteiger partial charge < -0.3 is 19.7 Å². The molecule has 0 bridgehead atoms. The molecule has 4 aromatic rings. The van der Waals surface area contributed by atoms with Gasteiger partial charge in [-0.3, -0.25) is 4.40 Å². The molecule has 0 spiro atoms. The maximum absolute atomic E-state index is 5.87. The van der Waals surface area contributed by atoms with Gasteiger partial charge in [-0.2, -0.15) is 0 Å². The van der Waals surface area contributed by atoms with Gasteiger partial charge in [0.2, 0.25) is 0 Å². The molecule has 0 radical (unpaired) electrons. The molecule has 1 atom stereocenters. The summed E-state index contributed by atoms with van der Waals surface area (Å²) in [6.45, 7) is 4.11. The van der Waals surface area contributed by atoms with Crippen molar-refractivity contribution in [1.82, 2.24) is 34.8 Å². The predicted octanol–water partition coefficient (Wildman–Crippen LogP) is 2.20. The van der Waals surface area contributed by atoms with Crippen LogP contribution in [0.2, 0.25) is 0 Å². The smallest absolute Gasteiger partial charge is 0.181 e. The number of aromatic nitrogens is 5. The minimum Gasteiger partial charge on any atom is -0.494 e. The fraction of sp³-hybridized carbons (Fsp3) is 0.417. The maximum Gasteiger partial charge on any atom is 0.181 e. The number of rotatable bonds is 8. The molecule has 0 aliphatic carbocycles. The highest BCUT2D eigenvalue weighted by molar-refractivity contribution is 5.77. The second kappa shape index (κ2) is 9.78. The molecule has 9 heteroatoms. The van der Waals surface area contributed by atoms with Gasteiger partial charge >= 0.3 is 0 Å². The lowest BCUT2D eigenvalue weighted by Crippen LogP contribution is -2.39. The molecule has 1 fully saturated rings. The number of ether oxygens (including phenoxy) is 2. The standard InChI is InChI=1S/C24H29N7O2/c1-30(2)11-3-12-32-18-6-4-17(5-7-18)20-8-9-21-24(27-20)31-22(28-29-23(31)16-26-21)14-19-15-25-10-13-33-19/h4-9,16,19,25H,3,10-15H2,1-2H3. The summed E-state index contributed by atoms with van der Waals surface area (Å²) >= 11 is 0. The normalized spacial score (nSPS) is 16.6. The summed E-state index contributed by atoms with van der Waals surface area (Å²) in [5.41, 5.74) is 4.12. The van der Waals surface area contributed by atoms with E-state index >= 15 is 0 Å². The number of nitrogens with zero attached hydrogens (tertiary/aromatic N) is 6. The van der Waals surface area contributed by atoms with Crippen molar-refractivity contribution < 1.29 is 9.47 Å². The summed E-state index contributed by atoms with van der Waals surface area (Å²) < 4.78 is 13.7. The lowest BCUT2D eigenvalue weighted by atomic mass is 10.1. The number of nitrogens with one attached hydrogen (secondary N) is 1. The highest BCUT2D eigenvalue weighted by Gasteiger charge is 2.19. The van der Waals surface area contributed by atoms with Crippen LogP contribution in [0.15, 0.2) is 42.6 Å². The number of hydrogen-bond acceptors (Lipinski definition) is 8. The quantitative estimate of drug-likeness (QED) is 0.411. The van der Waals surface area contributed by atoms with Crippen LogP contribution < -0.4 is 10.1 Å². The SMILES string of the molecule is CN(C)CCCOc1ccc(-c2ccc3ncc4nnc(CC5CNCCO5)n4c3n2)cc1. The largest absolute Gasteiger partial charge is 0.494 e. The van der Waals surface area contributed by atoms with Gasteiger partial charge in [-0.15, -0.1) is 10.2 Å². The molecule has 9 nitrogen and oxygen atoms in total. The molecular weight excluding hydrogens is 418 g/mol. The first kappa shape index (κ1) is 21.7. The van der Waals surface area contributed by atoms with Crippen LogP contribution >= 0.6 is 0 Å². The van der Waals surface area contributed by atoms with E-state index in [0.717, 1.165) is 60.1 Å². The van der Waals surface area contributed by atoms with E-state index in [1.54, 1.807) is 6.20 Å². The first-order valence-corrected chi connectivity index (χ1v) is 11.4. The molecule has 1 saturated heterocycles. The van der Waals surface area contributed by atoms with Crippen molar-refractivity contribution >= 4 is 16.8 Å². The van der Waals surface area contributed by atoms with E-state index in [9.17, 15) is 0 Å². The number of benzene rings is 1. The number of pyridine rings is 1. The minimum absolute atomic E-state index is 0.0721. The summed E-state index contributed by atoms with van der Waals surface area (Å²) in [6.07, 6.45) is 3.47. The Morgan fingerprint density at radius 2 is 2.03 bits per heavy atom. The number of fused-ring (bicyclic) bond motifs is 3. The first-order valence-electron chi connectivity index (χ1n) is 11.4. The Balaban J connectivity index is 1.40. The summed E-state index contributed by atoms with van der Waals surface area (Å²) in [7, 11) is 4.14. The third kappa shape index (κ3) is 4.95. The molecule has 1 N–H and O–H groups in total. The fourth-order valence-electron chi connectivity index (χ4n) is 4.02. The zero-order chi connectivity index (χ0) is 22.6. The van der Waals surface area contributed by atoms with Crippen LogP contribution in [0.25, 0.3) is 28.1 Å². The van der Waals surface area contributed by atoms with Crippen molar-refractivity contribution in [2.45, 2.75) is 18.9 Å². The Labute approximate surface area is 192 Å². The summed E-state index contributed by atoms with van der Waals surface area (Å²) in [5.74, 6) is 1.70. The van der Waals surface area contributed by atoms with Crippen molar-refractivity contribution in [3.8, 4) is 17.0 Å². The average molecular weight is 448 g/mol. The summed E-state index contributed by atoms with van der Waals surface area (Å²) in [4.78, 5) is 11.6. The van der Waals surface area contributed by atoms with Crippen molar-refractivity contribution in [1.29, 1.82) is 0 Å². The molecule has 0 amide bonds. The average Bonchev–Trinajstić information content (AvgIpc) is 3.25. The van der Waals surface area contributed by atoms with Crippen LogP contribution in [0.1, 0.15) is 12.2 Å². The Bertz CT molecular complexity index is 1220. The molecule has 1 aliphatic heterocycles. The molecule has 1 aromatic carbocycles. The van der Waals surface area contributed by atoms with E-state index in [4.69, 9.17) is 14.5 Å². The van der Waals surface area contributed by atoms with Crippen molar-refractivity contribution in [3.05, 3.63) is 48.4 Å². The van der Waals surface area contributed by atoms with Gasteiger partial charge in [0.05, 0.1) is 31.2 Å². The zero-order valence-corrected chi connectivity index (χ0v) is 19.1. The van der Waals surface area contributed by atoms with E-state index in [2.05, 4.69) is 39.5 Å². The molecule has 4 heterocycles. The number of morpholine rings is 1. The molecule has 5 rings (SSSR count). The molecule has 172 valence electrons. The van der Waals surface area contributed by atoms with Gasteiger partial charge in [0, 0.05) is 31.6 Å². The molecule has 0 saturated carbocycles. The molecule has 3 aromatic heterocycles. The van der Waals surface area contributed by atoms with Crippen LogP contribution in [-0.4, -0.2) is 82.5 Å². The van der Waals surface area contributed by atoms with E-state index in [1.165, 1.54) is 0 Å².